The number of alkyl halides is 3. The van der Waals surface area contributed by atoms with Crippen molar-refractivity contribution in [3.05, 3.63) is 64.0 Å². The van der Waals surface area contributed by atoms with E-state index in [-0.39, 0.29) is 23.1 Å². The van der Waals surface area contributed by atoms with Crippen molar-refractivity contribution >= 4 is 17.0 Å². The molecule has 5 rings (SSSR count). The molecule has 1 aliphatic heterocycles. The highest BCUT2D eigenvalue weighted by atomic mass is 19.4. The third-order valence-corrected chi connectivity index (χ3v) is 5.67. The lowest BCUT2D eigenvalue weighted by atomic mass is 9.94. The van der Waals surface area contributed by atoms with Crippen LogP contribution in [0, 0.1) is 17.6 Å². The number of nitrogens with one attached hydrogen (secondary N) is 1. The molecule has 0 bridgehead atoms. The summed E-state index contributed by atoms with van der Waals surface area (Å²) in [5.41, 5.74) is -1.56. The molecule has 1 fully saturated rings. The standard InChI is InChI=1S/C21H16F5N7O.C2H6/c1-32-18(34)17-16(29-19(32)21(24,25)26)15(13-3-2-12(22)5-14(13)23)30-20(31-17)33-8-11(9-33)4-10-6-27-28-7-10;1-2/h2-3,5-7,11H,4,8-9H2,1H3,(H,27,28);1-2H3. The van der Waals surface area contributed by atoms with Gasteiger partial charge in [0.1, 0.15) is 22.8 Å². The van der Waals surface area contributed by atoms with Gasteiger partial charge >= 0.3 is 6.18 Å². The summed E-state index contributed by atoms with van der Waals surface area (Å²) < 4.78 is 68.9. The summed E-state index contributed by atoms with van der Waals surface area (Å²) >= 11 is 0. The summed E-state index contributed by atoms with van der Waals surface area (Å²) in [4.78, 5) is 26.6. The zero-order valence-electron chi connectivity index (χ0n) is 19.6. The summed E-state index contributed by atoms with van der Waals surface area (Å²) in [7, 11) is 0.933. The van der Waals surface area contributed by atoms with Crippen LogP contribution in [0.4, 0.5) is 27.9 Å². The Labute approximate surface area is 201 Å². The van der Waals surface area contributed by atoms with E-state index in [1.54, 1.807) is 17.3 Å². The molecule has 1 aliphatic rings. The number of hydrogen-bond donors (Lipinski definition) is 1. The van der Waals surface area contributed by atoms with E-state index in [2.05, 4.69) is 25.1 Å². The minimum atomic E-state index is -4.95. The molecule has 0 saturated carbocycles. The SMILES string of the molecule is CC.Cn1c(C(F)(F)F)nc2c(-c3ccc(F)cc3F)nc(N3CC(Cc4cn[nH]c4)C3)nc2c1=O. The van der Waals surface area contributed by atoms with Crippen molar-refractivity contribution in [1.82, 2.24) is 29.7 Å². The number of hydrogen-bond acceptors (Lipinski definition) is 6. The maximum absolute atomic E-state index is 14.6. The number of halogens is 5. The minimum absolute atomic E-state index is 0.0494. The highest BCUT2D eigenvalue weighted by Crippen LogP contribution is 2.33. The first-order valence-electron chi connectivity index (χ1n) is 11.2. The number of benzene rings is 1. The average Bonchev–Trinajstić information content (AvgIpc) is 3.32. The molecule has 4 aromatic rings. The molecule has 190 valence electrons. The fourth-order valence-corrected chi connectivity index (χ4v) is 3.98. The van der Waals surface area contributed by atoms with Crippen LogP contribution in [0.1, 0.15) is 25.2 Å². The highest BCUT2D eigenvalue weighted by molar-refractivity contribution is 5.89. The van der Waals surface area contributed by atoms with Gasteiger partial charge in [-0.1, -0.05) is 13.8 Å². The quantitative estimate of drug-likeness (QED) is 0.418. The number of anilines is 1. The van der Waals surface area contributed by atoms with Crippen molar-refractivity contribution in [2.75, 3.05) is 18.0 Å². The molecule has 1 N–H and O–H groups in total. The molecule has 0 spiro atoms. The predicted octanol–water partition coefficient (Wildman–Crippen LogP) is 4.12. The number of aromatic nitrogens is 6. The van der Waals surface area contributed by atoms with Crippen LogP contribution >= 0.6 is 0 Å². The smallest absolute Gasteiger partial charge is 0.340 e. The van der Waals surface area contributed by atoms with E-state index >= 15 is 0 Å². The largest absolute Gasteiger partial charge is 0.449 e. The Bertz CT molecular complexity index is 1440. The molecule has 0 amide bonds. The molecule has 36 heavy (non-hydrogen) atoms. The van der Waals surface area contributed by atoms with E-state index in [1.165, 1.54) is 0 Å². The molecule has 1 aromatic carbocycles. The van der Waals surface area contributed by atoms with Gasteiger partial charge in [-0.25, -0.2) is 23.7 Å². The van der Waals surface area contributed by atoms with Gasteiger partial charge < -0.3 is 4.90 Å². The Morgan fingerprint density at radius 1 is 1.08 bits per heavy atom. The molecule has 3 aromatic heterocycles. The average molecular weight is 507 g/mol. The molecular weight excluding hydrogens is 485 g/mol. The number of aromatic amines is 1. The lowest BCUT2D eigenvalue weighted by molar-refractivity contribution is -0.147. The summed E-state index contributed by atoms with van der Waals surface area (Å²) in [6, 6.07) is 2.57. The summed E-state index contributed by atoms with van der Waals surface area (Å²) in [6.07, 6.45) is -0.730. The van der Waals surface area contributed by atoms with Crippen LogP contribution in [0.5, 0.6) is 0 Å². The van der Waals surface area contributed by atoms with Gasteiger partial charge in [0.15, 0.2) is 5.52 Å². The van der Waals surface area contributed by atoms with Crippen LogP contribution in [-0.4, -0.2) is 42.8 Å². The van der Waals surface area contributed by atoms with Gasteiger partial charge in [-0.3, -0.25) is 14.5 Å². The monoisotopic (exact) mass is 507 g/mol. The van der Waals surface area contributed by atoms with Crippen molar-refractivity contribution < 1.29 is 22.0 Å². The van der Waals surface area contributed by atoms with Crippen molar-refractivity contribution in [3.63, 3.8) is 0 Å². The van der Waals surface area contributed by atoms with Crippen LogP contribution in [0.2, 0.25) is 0 Å². The molecule has 0 unspecified atom stereocenters. The maximum Gasteiger partial charge on any atom is 0.449 e. The van der Waals surface area contributed by atoms with Crippen LogP contribution in [0.25, 0.3) is 22.3 Å². The van der Waals surface area contributed by atoms with Crippen molar-refractivity contribution in [2.24, 2.45) is 13.0 Å². The lowest BCUT2D eigenvalue weighted by Gasteiger charge is -2.39. The van der Waals surface area contributed by atoms with Crippen LogP contribution in [0.15, 0.2) is 35.4 Å². The Kier molecular flexibility index (Phi) is 6.74. The number of H-pyrrole nitrogens is 1. The van der Waals surface area contributed by atoms with Gasteiger partial charge in [-0.2, -0.15) is 18.3 Å². The number of rotatable bonds is 4. The topological polar surface area (TPSA) is 92.6 Å². The summed E-state index contributed by atoms with van der Waals surface area (Å²) in [5, 5.41) is 6.63. The third-order valence-electron chi connectivity index (χ3n) is 5.67. The number of nitrogens with zero attached hydrogens (tertiary/aromatic N) is 6. The first-order valence-corrected chi connectivity index (χ1v) is 11.2. The van der Waals surface area contributed by atoms with E-state index in [0.717, 1.165) is 31.2 Å². The lowest BCUT2D eigenvalue weighted by Crippen LogP contribution is -2.48. The van der Waals surface area contributed by atoms with E-state index in [1.807, 2.05) is 13.8 Å². The number of fused-ring (bicyclic) bond motifs is 1. The van der Waals surface area contributed by atoms with Gasteiger partial charge in [-0.05, 0) is 30.0 Å². The van der Waals surface area contributed by atoms with E-state index in [4.69, 9.17) is 0 Å². The Morgan fingerprint density at radius 3 is 2.42 bits per heavy atom. The fraction of sp³-hybridized carbons (Fsp3) is 0.348. The van der Waals surface area contributed by atoms with Gasteiger partial charge in [0.05, 0.1) is 6.20 Å². The maximum atomic E-state index is 14.6. The Morgan fingerprint density at radius 2 is 1.81 bits per heavy atom. The zero-order valence-corrected chi connectivity index (χ0v) is 19.6. The van der Waals surface area contributed by atoms with E-state index < -0.39 is 40.2 Å². The highest BCUT2D eigenvalue weighted by Gasteiger charge is 2.38. The van der Waals surface area contributed by atoms with Crippen LogP contribution in [-0.2, 0) is 19.6 Å². The second-order valence-corrected chi connectivity index (χ2v) is 8.07. The van der Waals surface area contributed by atoms with Crippen molar-refractivity contribution in [2.45, 2.75) is 26.4 Å². The van der Waals surface area contributed by atoms with Crippen molar-refractivity contribution in [3.8, 4) is 11.3 Å². The summed E-state index contributed by atoms with van der Waals surface area (Å²) in [5.74, 6) is -3.12. The van der Waals surface area contributed by atoms with Gasteiger partial charge in [0, 0.05) is 38.0 Å². The first-order chi connectivity index (χ1) is 17.1. The molecule has 0 radical (unpaired) electrons. The van der Waals surface area contributed by atoms with E-state index in [0.29, 0.717) is 23.7 Å². The van der Waals surface area contributed by atoms with Crippen LogP contribution < -0.4 is 10.5 Å². The molecule has 0 atom stereocenters. The summed E-state index contributed by atoms with van der Waals surface area (Å²) in [6.45, 7) is 5.02. The van der Waals surface area contributed by atoms with Gasteiger partial charge in [0.2, 0.25) is 11.8 Å². The normalized spacial score (nSPS) is 13.9. The molecule has 13 heteroatoms. The minimum Gasteiger partial charge on any atom is -0.340 e. The fourth-order valence-electron chi connectivity index (χ4n) is 3.98. The molecule has 1 saturated heterocycles. The first kappa shape index (κ1) is 25.2. The van der Waals surface area contributed by atoms with E-state index in [9.17, 15) is 26.7 Å². The van der Waals surface area contributed by atoms with Crippen molar-refractivity contribution in [1.29, 1.82) is 0 Å². The predicted molar refractivity (Wildman–Crippen MR) is 122 cm³/mol. The van der Waals surface area contributed by atoms with Gasteiger partial charge in [0.25, 0.3) is 5.56 Å². The second kappa shape index (κ2) is 9.63. The molecular formula is C23H22F5N7O. The Balaban J connectivity index is 0.00000148. The zero-order chi connectivity index (χ0) is 26.2. The molecule has 4 heterocycles. The third kappa shape index (κ3) is 4.64. The Hall–Kier alpha value is -3.90. The second-order valence-electron chi connectivity index (χ2n) is 8.07. The molecule has 8 nitrogen and oxygen atoms in total. The van der Waals surface area contributed by atoms with Crippen LogP contribution in [0.3, 0.4) is 0 Å². The molecule has 0 aliphatic carbocycles. The van der Waals surface area contributed by atoms with Gasteiger partial charge in [-0.15, -0.1) is 0 Å².